The summed E-state index contributed by atoms with van der Waals surface area (Å²) in [4.78, 5) is 0. The van der Waals surface area contributed by atoms with Crippen molar-refractivity contribution in [1.82, 2.24) is 0 Å². The summed E-state index contributed by atoms with van der Waals surface area (Å²) >= 11 is 0. The number of benzene rings is 4. The molecule has 0 saturated carbocycles. The van der Waals surface area contributed by atoms with Gasteiger partial charge < -0.3 is 30.3 Å². The second-order valence-electron chi connectivity index (χ2n) is 8.27. The molecule has 0 radical (unpaired) electrons. The van der Waals surface area contributed by atoms with Crippen LogP contribution in [0, 0.1) is 0 Å². The predicted molar refractivity (Wildman–Crippen MR) is 161 cm³/mol. The minimum atomic E-state index is -0.627. The third-order valence-corrected chi connectivity index (χ3v) is 11.0. The molecule has 0 aromatic heterocycles. The van der Waals surface area contributed by atoms with Crippen LogP contribution in [0.1, 0.15) is 0 Å². The molecule has 198 valence electrons. The summed E-state index contributed by atoms with van der Waals surface area (Å²) in [7, 11) is -1.25. The van der Waals surface area contributed by atoms with Crippen LogP contribution in [-0.2, 0) is 37.5 Å². The van der Waals surface area contributed by atoms with Crippen LogP contribution >= 0.6 is 15.8 Å². The van der Waals surface area contributed by atoms with Gasteiger partial charge in [-0.2, -0.15) is 6.07 Å². The van der Waals surface area contributed by atoms with Gasteiger partial charge in [0.05, 0.1) is 0 Å². The molecule has 0 fully saturated rings. The van der Waals surface area contributed by atoms with Gasteiger partial charge in [0.25, 0.3) is 0 Å². The summed E-state index contributed by atoms with van der Waals surface area (Å²) in [6.07, 6.45) is 0. The topological polar surface area (TPSA) is 0 Å². The van der Waals surface area contributed by atoms with Crippen molar-refractivity contribution in [1.29, 1.82) is 0 Å². The molecular formula is C34H28FeP2Pd-6. The summed E-state index contributed by atoms with van der Waals surface area (Å²) in [5, 5.41) is 8.51. The molecule has 0 aliphatic rings. The van der Waals surface area contributed by atoms with Gasteiger partial charge in [-0.25, -0.2) is 12.1 Å². The maximum Gasteiger partial charge on any atom is 0 e. The molecular weight excluding hydrogens is 633 g/mol. The largest absolute Gasteiger partial charge is 0.748 e. The van der Waals surface area contributed by atoms with Gasteiger partial charge in [-0.05, 0) is 29.1 Å². The Kier molecular flexibility index (Phi) is 12.6. The van der Waals surface area contributed by atoms with Crippen LogP contribution in [0.2, 0.25) is 0 Å². The van der Waals surface area contributed by atoms with Gasteiger partial charge in [0.1, 0.15) is 0 Å². The van der Waals surface area contributed by atoms with E-state index in [-0.39, 0.29) is 37.5 Å². The Labute approximate surface area is 253 Å². The Bertz CT molecular complexity index is 1220. The summed E-state index contributed by atoms with van der Waals surface area (Å²) in [5.41, 5.74) is 0. The Morgan fingerprint density at radius 1 is 0.421 bits per heavy atom. The number of rotatable bonds is 6. The van der Waals surface area contributed by atoms with Crippen molar-refractivity contribution in [2.24, 2.45) is 0 Å². The van der Waals surface area contributed by atoms with Crippen LogP contribution in [0.5, 0.6) is 0 Å². The normalized spacial score (nSPS) is 10.2. The monoisotopic (exact) mass is 660 g/mol. The average molecular weight is 661 g/mol. The summed E-state index contributed by atoms with van der Waals surface area (Å²) < 4.78 is 0. The van der Waals surface area contributed by atoms with Crippen molar-refractivity contribution in [2.45, 2.75) is 0 Å². The van der Waals surface area contributed by atoms with Gasteiger partial charge in [-0.15, -0.1) is 10.6 Å². The van der Waals surface area contributed by atoms with Gasteiger partial charge in [-0.1, -0.05) is 129 Å². The van der Waals surface area contributed by atoms with Crippen LogP contribution < -0.4 is 31.8 Å². The first-order valence-corrected chi connectivity index (χ1v) is 14.8. The molecule has 0 amide bonds. The van der Waals surface area contributed by atoms with Gasteiger partial charge >= 0.3 is 0 Å². The molecule has 6 rings (SSSR count). The Balaban J connectivity index is 0.000000515. The smallest absolute Gasteiger partial charge is 0 e. The number of hydrogen-bond acceptors (Lipinski definition) is 0. The second kappa shape index (κ2) is 15.9. The second-order valence-corrected chi connectivity index (χ2v) is 12.6. The summed E-state index contributed by atoms with van der Waals surface area (Å²) in [5.74, 6) is 0. The van der Waals surface area contributed by atoms with Gasteiger partial charge in [0.15, 0.2) is 0 Å². The molecule has 4 heteroatoms. The zero-order chi connectivity index (χ0) is 24.4. The van der Waals surface area contributed by atoms with Crippen molar-refractivity contribution in [2.75, 3.05) is 0 Å². The summed E-state index contributed by atoms with van der Waals surface area (Å²) in [6, 6.07) is 60.9. The third kappa shape index (κ3) is 7.60. The van der Waals surface area contributed by atoms with E-state index in [9.17, 15) is 0 Å². The standard InChI is InChI=1S/C29H23P2.C5H5.Fe.Pd/c1-5-14-24(15-6-1)30(25-16-7-2-8-17-25)28-22-13-23-29(28)31(26-18-9-3-10-19-26)27-20-11-4-12-21-27;1-2-4-5-3-1;;/h1-23H;1-5H;;/q-1;-5;;. The maximum absolute atomic E-state index is 2.35. The molecule has 0 aliphatic carbocycles. The number of hydrogen-bond donors (Lipinski definition) is 0. The van der Waals surface area contributed by atoms with E-state index in [2.05, 4.69) is 140 Å². The van der Waals surface area contributed by atoms with Crippen molar-refractivity contribution in [3.05, 3.63) is 170 Å². The molecule has 0 atom stereocenters. The van der Waals surface area contributed by atoms with E-state index in [1.165, 1.54) is 31.8 Å². The van der Waals surface area contributed by atoms with E-state index in [1.54, 1.807) is 0 Å². The quantitative estimate of drug-likeness (QED) is 0.112. The van der Waals surface area contributed by atoms with E-state index in [0.717, 1.165) is 0 Å². The molecule has 0 nitrogen and oxygen atoms in total. The molecule has 6 aromatic rings. The first-order chi connectivity index (χ1) is 17.9. The van der Waals surface area contributed by atoms with Crippen molar-refractivity contribution < 1.29 is 37.5 Å². The molecule has 0 saturated heterocycles. The van der Waals surface area contributed by atoms with Crippen molar-refractivity contribution in [3.8, 4) is 0 Å². The Morgan fingerprint density at radius 3 is 1.13 bits per heavy atom. The average Bonchev–Trinajstić information content (AvgIpc) is 3.68. The first-order valence-electron chi connectivity index (χ1n) is 12.1. The molecule has 6 aromatic carbocycles. The van der Waals surface area contributed by atoms with Crippen molar-refractivity contribution in [3.63, 3.8) is 0 Å². The van der Waals surface area contributed by atoms with Crippen LogP contribution in [0.15, 0.2) is 170 Å². The van der Waals surface area contributed by atoms with E-state index >= 15 is 0 Å². The summed E-state index contributed by atoms with van der Waals surface area (Å²) in [6.45, 7) is 0. The van der Waals surface area contributed by atoms with E-state index in [4.69, 9.17) is 0 Å². The Hall–Kier alpha value is -2.38. The van der Waals surface area contributed by atoms with E-state index in [1.807, 2.05) is 30.3 Å². The molecule has 38 heavy (non-hydrogen) atoms. The molecule has 0 unspecified atom stereocenters. The molecule has 0 heterocycles. The molecule has 0 spiro atoms. The van der Waals surface area contributed by atoms with Gasteiger partial charge in [0.2, 0.25) is 0 Å². The molecule has 0 N–H and O–H groups in total. The fraction of sp³-hybridized carbons (Fsp3) is 0. The minimum Gasteiger partial charge on any atom is -0.748 e. The van der Waals surface area contributed by atoms with Crippen LogP contribution in [0.3, 0.4) is 0 Å². The fourth-order valence-electron chi connectivity index (χ4n) is 4.26. The predicted octanol–water partition coefficient (Wildman–Crippen LogP) is 6.32. The first kappa shape index (κ1) is 30.2. The zero-order valence-corrected chi connectivity index (χ0v) is 25.2. The van der Waals surface area contributed by atoms with E-state index in [0.29, 0.717) is 0 Å². The maximum atomic E-state index is 2.35. The SMILES string of the molecule is [Fe].[Pd].[cH-]1[cH-][cH-][cH-][cH-]1.c1ccc(P(c2ccccc2)c2ccc[c-]2P(c2ccccc2)c2ccccc2)cc1. The fourth-order valence-corrected chi connectivity index (χ4v) is 9.53. The van der Waals surface area contributed by atoms with Crippen LogP contribution in [0.25, 0.3) is 0 Å². The van der Waals surface area contributed by atoms with Crippen LogP contribution in [0.4, 0.5) is 0 Å². The Morgan fingerprint density at radius 2 is 0.763 bits per heavy atom. The molecule has 0 bridgehead atoms. The minimum absolute atomic E-state index is 0. The van der Waals surface area contributed by atoms with Gasteiger partial charge in [0, 0.05) is 37.5 Å². The third-order valence-electron chi connectivity index (χ3n) is 5.87. The van der Waals surface area contributed by atoms with Crippen LogP contribution in [-0.4, -0.2) is 0 Å². The molecule has 0 aliphatic heterocycles. The van der Waals surface area contributed by atoms with Crippen molar-refractivity contribution >= 4 is 47.7 Å². The zero-order valence-electron chi connectivity index (χ0n) is 20.7. The van der Waals surface area contributed by atoms with E-state index < -0.39 is 15.8 Å². The van der Waals surface area contributed by atoms with Gasteiger partial charge in [-0.3, -0.25) is 0 Å².